The van der Waals surface area contributed by atoms with Crippen LogP contribution in [0.25, 0.3) is 0 Å². The van der Waals surface area contributed by atoms with Crippen LogP contribution in [-0.4, -0.2) is 55.2 Å². The number of aromatic nitrogens is 2. The quantitative estimate of drug-likeness (QED) is 0.850. The third-order valence-electron chi connectivity index (χ3n) is 3.44. The normalized spacial score (nSPS) is 17.8. The molecule has 1 fully saturated rings. The number of rotatable bonds is 3. The van der Waals surface area contributed by atoms with Crippen LogP contribution in [0.2, 0.25) is 0 Å². The van der Waals surface area contributed by atoms with E-state index >= 15 is 0 Å². The molecule has 0 radical (unpaired) electrons. The molecule has 100 valence electrons. The van der Waals surface area contributed by atoms with Crippen LogP contribution in [0.3, 0.4) is 0 Å². The fourth-order valence-electron chi connectivity index (χ4n) is 2.20. The summed E-state index contributed by atoms with van der Waals surface area (Å²) in [6, 6.07) is 0.507. The summed E-state index contributed by atoms with van der Waals surface area (Å²) in [5.41, 5.74) is 0. The van der Waals surface area contributed by atoms with Crippen molar-refractivity contribution in [3.63, 3.8) is 0 Å². The largest absolute Gasteiger partial charge is 0.480 e. The smallest absolute Gasteiger partial charge is 0.232 e. The molecule has 0 unspecified atom stereocenters. The maximum Gasteiger partial charge on any atom is 0.232 e. The van der Waals surface area contributed by atoms with E-state index in [0.717, 1.165) is 36.4 Å². The Bertz CT molecular complexity index is 407. The maximum atomic E-state index is 5.21. The summed E-state index contributed by atoms with van der Waals surface area (Å²) in [7, 11) is 5.83. The maximum absolute atomic E-state index is 5.21. The first-order chi connectivity index (χ1) is 8.61. The molecule has 0 amide bonds. The van der Waals surface area contributed by atoms with Gasteiger partial charge in [0.25, 0.3) is 0 Å². The molecule has 1 saturated heterocycles. The third-order valence-corrected chi connectivity index (χ3v) is 3.99. The predicted molar refractivity (Wildman–Crippen MR) is 75.2 cm³/mol. The van der Waals surface area contributed by atoms with Crippen LogP contribution in [0, 0.1) is 0 Å². The number of piperidine rings is 1. The molecule has 2 rings (SSSR count). The van der Waals surface area contributed by atoms with Gasteiger partial charge in [0.05, 0.1) is 17.8 Å². The number of likely N-dealkylation sites (tertiary alicyclic amines) is 1. The molecule has 1 aromatic heterocycles. The van der Waals surface area contributed by atoms with E-state index in [1.54, 1.807) is 13.3 Å². The van der Waals surface area contributed by atoms with Crippen molar-refractivity contribution in [1.29, 1.82) is 0 Å². The van der Waals surface area contributed by atoms with E-state index in [-0.39, 0.29) is 0 Å². The molecule has 2 heterocycles. The molecular formula is C12H19BrN4O. The Morgan fingerprint density at radius 3 is 2.72 bits per heavy atom. The van der Waals surface area contributed by atoms with Crippen LogP contribution >= 0.6 is 15.9 Å². The van der Waals surface area contributed by atoms with Crippen molar-refractivity contribution in [2.45, 2.75) is 18.9 Å². The van der Waals surface area contributed by atoms with Crippen molar-refractivity contribution in [3.8, 4) is 5.88 Å². The molecule has 1 aromatic rings. The van der Waals surface area contributed by atoms with E-state index in [1.807, 2.05) is 0 Å². The molecule has 0 spiro atoms. The lowest BCUT2D eigenvalue weighted by atomic mass is 10.0. The first-order valence-corrected chi connectivity index (χ1v) is 6.89. The van der Waals surface area contributed by atoms with Crippen LogP contribution < -0.4 is 9.64 Å². The molecule has 1 aliphatic heterocycles. The van der Waals surface area contributed by atoms with Crippen LogP contribution in [0.5, 0.6) is 5.88 Å². The highest BCUT2D eigenvalue weighted by atomic mass is 79.9. The van der Waals surface area contributed by atoms with Gasteiger partial charge >= 0.3 is 0 Å². The van der Waals surface area contributed by atoms with Gasteiger partial charge in [-0.15, -0.1) is 0 Å². The van der Waals surface area contributed by atoms with Gasteiger partial charge in [-0.1, -0.05) is 0 Å². The summed E-state index contributed by atoms with van der Waals surface area (Å²) in [6.07, 6.45) is 4.04. The molecule has 0 atom stereocenters. The Kier molecular flexibility index (Phi) is 4.40. The van der Waals surface area contributed by atoms with Crippen molar-refractivity contribution in [3.05, 3.63) is 10.7 Å². The summed E-state index contributed by atoms with van der Waals surface area (Å²) in [4.78, 5) is 13.3. The van der Waals surface area contributed by atoms with Crippen molar-refractivity contribution < 1.29 is 4.74 Å². The Balaban J connectivity index is 2.10. The standard InChI is InChI=1S/C12H19BrN4O/c1-16-6-4-9(5-7-16)17(2)12-14-8-10(13)11(15-12)18-3/h8-9H,4-7H2,1-3H3. The van der Waals surface area contributed by atoms with Crippen LogP contribution in [0.4, 0.5) is 5.95 Å². The van der Waals surface area contributed by atoms with Gasteiger partial charge in [-0.3, -0.25) is 0 Å². The number of anilines is 1. The SMILES string of the molecule is COc1nc(N(C)C2CCN(C)CC2)ncc1Br. The van der Waals surface area contributed by atoms with Crippen LogP contribution in [0.15, 0.2) is 10.7 Å². The monoisotopic (exact) mass is 314 g/mol. The van der Waals surface area contributed by atoms with E-state index < -0.39 is 0 Å². The molecule has 5 nitrogen and oxygen atoms in total. The van der Waals surface area contributed by atoms with Crippen LogP contribution in [-0.2, 0) is 0 Å². The highest BCUT2D eigenvalue weighted by molar-refractivity contribution is 9.10. The predicted octanol–water partition coefficient (Wildman–Crippen LogP) is 1.78. The molecule has 0 N–H and O–H groups in total. The van der Waals surface area contributed by atoms with Gasteiger partial charge in [-0.25, -0.2) is 4.98 Å². The summed E-state index contributed by atoms with van der Waals surface area (Å²) >= 11 is 3.37. The second kappa shape index (κ2) is 5.84. The minimum Gasteiger partial charge on any atom is -0.480 e. The Morgan fingerprint density at radius 1 is 1.44 bits per heavy atom. The van der Waals surface area contributed by atoms with E-state index in [2.05, 4.69) is 49.8 Å². The van der Waals surface area contributed by atoms with Gasteiger partial charge in [-0.05, 0) is 48.9 Å². The number of methoxy groups -OCH3 is 1. The van der Waals surface area contributed by atoms with E-state index in [4.69, 9.17) is 4.74 Å². The lowest BCUT2D eigenvalue weighted by Gasteiger charge is -2.35. The second-order valence-electron chi connectivity index (χ2n) is 4.67. The zero-order valence-electron chi connectivity index (χ0n) is 11.1. The fourth-order valence-corrected chi connectivity index (χ4v) is 2.55. The second-order valence-corrected chi connectivity index (χ2v) is 5.53. The lowest BCUT2D eigenvalue weighted by Crippen LogP contribution is -2.42. The Morgan fingerprint density at radius 2 is 2.11 bits per heavy atom. The van der Waals surface area contributed by atoms with Gasteiger partial charge in [-0.2, -0.15) is 4.98 Å². The zero-order valence-corrected chi connectivity index (χ0v) is 12.6. The van der Waals surface area contributed by atoms with Gasteiger partial charge in [0.15, 0.2) is 0 Å². The van der Waals surface area contributed by atoms with Gasteiger partial charge in [0.2, 0.25) is 11.8 Å². The minimum absolute atomic E-state index is 0.507. The number of nitrogens with zero attached hydrogens (tertiary/aromatic N) is 4. The fraction of sp³-hybridized carbons (Fsp3) is 0.667. The van der Waals surface area contributed by atoms with Crippen LogP contribution in [0.1, 0.15) is 12.8 Å². The van der Waals surface area contributed by atoms with Gasteiger partial charge in [0, 0.05) is 13.1 Å². The minimum atomic E-state index is 0.507. The average molecular weight is 315 g/mol. The van der Waals surface area contributed by atoms with Crippen molar-refractivity contribution in [2.24, 2.45) is 0 Å². The Labute approximate surface area is 116 Å². The van der Waals surface area contributed by atoms with E-state index in [1.165, 1.54) is 0 Å². The first-order valence-electron chi connectivity index (χ1n) is 6.09. The Hall–Kier alpha value is -0.880. The molecule has 6 heteroatoms. The van der Waals surface area contributed by atoms with Crippen molar-refractivity contribution in [1.82, 2.24) is 14.9 Å². The van der Waals surface area contributed by atoms with Gasteiger partial charge < -0.3 is 14.5 Å². The number of ether oxygens (including phenoxy) is 1. The molecule has 0 saturated carbocycles. The molecule has 0 aliphatic carbocycles. The number of hydrogen-bond acceptors (Lipinski definition) is 5. The lowest BCUT2D eigenvalue weighted by molar-refractivity contribution is 0.252. The van der Waals surface area contributed by atoms with Gasteiger partial charge in [0.1, 0.15) is 0 Å². The molecule has 0 aromatic carbocycles. The van der Waals surface area contributed by atoms with Crippen molar-refractivity contribution in [2.75, 3.05) is 39.2 Å². The third kappa shape index (κ3) is 2.92. The van der Waals surface area contributed by atoms with E-state index in [0.29, 0.717) is 11.9 Å². The summed E-state index contributed by atoms with van der Waals surface area (Å²) in [5, 5.41) is 0. The number of hydrogen-bond donors (Lipinski definition) is 0. The molecular weight excluding hydrogens is 296 g/mol. The molecule has 0 bridgehead atoms. The molecule has 18 heavy (non-hydrogen) atoms. The topological polar surface area (TPSA) is 41.5 Å². The van der Waals surface area contributed by atoms with E-state index in [9.17, 15) is 0 Å². The summed E-state index contributed by atoms with van der Waals surface area (Å²) < 4.78 is 5.99. The summed E-state index contributed by atoms with van der Waals surface area (Å²) in [5.74, 6) is 1.31. The highest BCUT2D eigenvalue weighted by Crippen LogP contribution is 2.25. The number of halogens is 1. The van der Waals surface area contributed by atoms with Crippen molar-refractivity contribution >= 4 is 21.9 Å². The first kappa shape index (κ1) is 13.5. The summed E-state index contributed by atoms with van der Waals surface area (Å²) in [6.45, 7) is 2.26. The highest BCUT2D eigenvalue weighted by Gasteiger charge is 2.22. The average Bonchev–Trinajstić information content (AvgIpc) is 2.39. The molecule has 1 aliphatic rings. The zero-order chi connectivity index (χ0) is 13.1.